The van der Waals surface area contributed by atoms with Crippen molar-refractivity contribution >= 4 is 0 Å². The van der Waals surface area contributed by atoms with E-state index >= 15 is 0 Å². The first-order chi connectivity index (χ1) is 8.24. The number of likely N-dealkylation sites (N-methyl/N-ethyl adjacent to an activating group) is 1. The Morgan fingerprint density at radius 1 is 1.18 bits per heavy atom. The summed E-state index contributed by atoms with van der Waals surface area (Å²) in [4.78, 5) is 2.52. The molecule has 1 N–H and O–H groups in total. The van der Waals surface area contributed by atoms with Crippen LogP contribution in [0.1, 0.15) is 32.6 Å². The second kappa shape index (κ2) is 6.72. The Morgan fingerprint density at radius 2 is 1.94 bits per heavy atom. The summed E-state index contributed by atoms with van der Waals surface area (Å²) in [5, 5.41) is 3.65. The molecule has 3 heteroatoms. The maximum atomic E-state index is 5.41. The summed E-state index contributed by atoms with van der Waals surface area (Å²) in [5.74, 6) is 1.76. The van der Waals surface area contributed by atoms with Gasteiger partial charge in [0, 0.05) is 32.3 Å². The number of rotatable bonds is 4. The minimum atomic E-state index is 0.712. The lowest BCUT2D eigenvalue weighted by Crippen LogP contribution is -2.45. The van der Waals surface area contributed by atoms with Gasteiger partial charge >= 0.3 is 0 Å². The predicted octanol–water partition coefficient (Wildman–Crippen LogP) is 1.73. The smallest absolute Gasteiger partial charge is 0.0469 e. The number of hydrogen-bond acceptors (Lipinski definition) is 3. The Labute approximate surface area is 106 Å². The normalized spacial score (nSPS) is 31.9. The zero-order chi connectivity index (χ0) is 12.1. The van der Waals surface area contributed by atoms with Crippen LogP contribution in [0.15, 0.2) is 0 Å². The lowest BCUT2D eigenvalue weighted by molar-refractivity contribution is 0.0540. The summed E-state index contributed by atoms with van der Waals surface area (Å²) < 4.78 is 5.41. The molecule has 2 saturated heterocycles. The highest BCUT2D eigenvalue weighted by molar-refractivity contribution is 4.79. The zero-order valence-electron chi connectivity index (χ0n) is 11.5. The highest BCUT2D eigenvalue weighted by Crippen LogP contribution is 2.18. The lowest BCUT2D eigenvalue weighted by Gasteiger charge is -2.33. The molecule has 17 heavy (non-hydrogen) atoms. The number of nitrogens with one attached hydrogen (secondary N) is 1. The first-order valence-corrected chi connectivity index (χ1v) is 7.23. The largest absolute Gasteiger partial charge is 0.381 e. The third-order valence-corrected chi connectivity index (χ3v) is 4.20. The van der Waals surface area contributed by atoms with E-state index in [1.165, 1.54) is 45.3 Å². The summed E-state index contributed by atoms with van der Waals surface area (Å²) in [6.45, 7) is 7.98. The molecule has 0 saturated carbocycles. The highest BCUT2D eigenvalue weighted by Gasteiger charge is 2.21. The molecular formula is C14H28N2O. The van der Waals surface area contributed by atoms with Gasteiger partial charge in [-0.3, -0.25) is 0 Å². The molecular weight excluding hydrogens is 212 g/mol. The average Bonchev–Trinajstić information content (AvgIpc) is 2.30. The van der Waals surface area contributed by atoms with E-state index < -0.39 is 0 Å². The van der Waals surface area contributed by atoms with Gasteiger partial charge in [0.25, 0.3) is 0 Å². The van der Waals surface area contributed by atoms with Gasteiger partial charge in [0.15, 0.2) is 0 Å². The van der Waals surface area contributed by atoms with Crippen molar-refractivity contribution in [3.8, 4) is 0 Å². The minimum Gasteiger partial charge on any atom is -0.381 e. The van der Waals surface area contributed by atoms with E-state index in [0.717, 1.165) is 25.0 Å². The number of piperidine rings is 1. The third kappa shape index (κ3) is 4.57. The highest BCUT2D eigenvalue weighted by atomic mass is 16.5. The van der Waals surface area contributed by atoms with Crippen LogP contribution >= 0.6 is 0 Å². The quantitative estimate of drug-likeness (QED) is 0.810. The van der Waals surface area contributed by atoms with Gasteiger partial charge in [0.05, 0.1) is 0 Å². The van der Waals surface area contributed by atoms with Crippen molar-refractivity contribution in [2.24, 2.45) is 11.8 Å². The Hall–Kier alpha value is -0.120. The number of hydrogen-bond donors (Lipinski definition) is 1. The first-order valence-electron chi connectivity index (χ1n) is 7.23. The predicted molar refractivity (Wildman–Crippen MR) is 71.2 cm³/mol. The molecule has 0 aliphatic carbocycles. The molecule has 0 spiro atoms. The monoisotopic (exact) mass is 240 g/mol. The van der Waals surface area contributed by atoms with Crippen LogP contribution in [0.4, 0.5) is 0 Å². The van der Waals surface area contributed by atoms with E-state index in [-0.39, 0.29) is 0 Å². The van der Waals surface area contributed by atoms with E-state index in [0.29, 0.717) is 6.04 Å². The van der Waals surface area contributed by atoms with E-state index in [1.54, 1.807) is 0 Å². The molecule has 0 aromatic rings. The van der Waals surface area contributed by atoms with Crippen molar-refractivity contribution in [2.75, 3.05) is 39.9 Å². The molecule has 2 unspecified atom stereocenters. The van der Waals surface area contributed by atoms with E-state index in [9.17, 15) is 0 Å². The molecule has 0 aromatic carbocycles. The molecule has 0 aromatic heterocycles. The van der Waals surface area contributed by atoms with Crippen LogP contribution in [0.2, 0.25) is 0 Å². The van der Waals surface area contributed by atoms with Gasteiger partial charge in [-0.2, -0.15) is 0 Å². The summed E-state index contributed by atoms with van der Waals surface area (Å²) in [6, 6.07) is 0.712. The Bertz CT molecular complexity index is 216. The molecule has 2 fully saturated rings. The number of nitrogens with zero attached hydrogens (tertiary/aromatic N) is 1. The molecule has 2 heterocycles. The fourth-order valence-corrected chi connectivity index (χ4v) is 3.18. The van der Waals surface area contributed by atoms with E-state index in [2.05, 4.69) is 24.2 Å². The summed E-state index contributed by atoms with van der Waals surface area (Å²) in [5.41, 5.74) is 0. The minimum absolute atomic E-state index is 0.712. The van der Waals surface area contributed by atoms with Crippen LogP contribution in [0.5, 0.6) is 0 Å². The molecule has 0 bridgehead atoms. The molecule has 2 aliphatic heterocycles. The van der Waals surface area contributed by atoms with Crippen LogP contribution in [0.3, 0.4) is 0 Å². The van der Waals surface area contributed by atoms with Crippen LogP contribution in [0, 0.1) is 11.8 Å². The SMILES string of the molecule is CC1CCNC(CN(C)CC2CCOCC2)C1. The van der Waals surface area contributed by atoms with Crippen molar-refractivity contribution in [2.45, 2.75) is 38.6 Å². The van der Waals surface area contributed by atoms with Gasteiger partial charge in [0.1, 0.15) is 0 Å². The van der Waals surface area contributed by atoms with Gasteiger partial charge in [-0.25, -0.2) is 0 Å². The summed E-state index contributed by atoms with van der Waals surface area (Å²) in [7, 11) is 2.27. The molecule has 0 radical (unpaired) electrons. The van der Waals surface area contributed by atoms with Gasteiger partial charge in [0.2, 0.25) is 0 Å². The second-order valence-corrected chi connectivity index (χ2v) is 6.06. The van der Waals surface area contributed by atoms with E-state index in [1.807, 2.05) is 0 Å². The lowest BCUT2D eigenvalue weighted by atomic mass is 9.93. The van der Waals surface area contributed by atoms with Crippen LogP contribution in [-0.2, 0) is 4.74 Å². The van der Waals surface area contributed by atoms with Gasteiger partial charge in [-0.05, 0) is 51.1 Å². The molecule has 100 valence electrons. The number of ether oxygens (including phenoxy) is 1. The Morgan fingerprint density at radius 3 is 2.65 bits per heavy atom. The van der Waals surface area contributed by atoms with Crippen LogP contribution < -0.4 is 5.32 Å². The molecule has 2 aliphatic rings. The average molecular weight is 240 g/mol. The van der Waals surface area contributed by atoms with Crippen LogP contribution in [0.25, 0.3) is 0 Å². The Kier molecular flexibility index (Phi) is 5.26. The summed E-state index contributed by atoms with van der Waals surface area (Å²) in [6.07, 6.45) is 5.19. The summed E-state index contributed by atoms with van der Waals surface area (Å²) >= 11 is 0. The van der Waals surface area contributed by atoms with Crippen LogP contribution in [-0.4, -0.2) is 50.8 Å². The first kappa shape index (κ1) is 13.3. The molecule has 3 nitrogen and oxygen atoms in total. The second-order valence-electron chi connectivity index (χ2n) is 6.06. The fourth-order valence-electron chi connectivity index (χ4n) is 3.18. The van der Waals surface area contributed by atoms with Crippen molar-refractivity contribution in [1.29, 1.82) is 0 Å². The fraction of sp³-hybridized carbons (Fsp3) is 1.00. The standard InChI is InChI=1S/C14H28N2O/c1-12-3-6-15-14(9-12)11-16(2)10-13-4-7-17-8-5-13/h12-15H,3-11H2,1-2H3. The van der Waals surface area contributed by atoms with Crippen molar-refractivity contribution in [3.05, 3.63) is 0 Å². The van der Waals surface area contributed by atoms with Gasteiger partial charge in [-0.1, -0.05) is 6.92 Å². The third-order valence-electron chi connectivity index (χ3n) is 4.20. The Balaban J connectivity index is 1.66. The topological polar surface area (TPSA) is 24.5 Å². The van der Waals surface area contributed by atoms with Crippen molar-refractivity contribution in [3.63, 3.8) is 0 Å². The molecule has 2 rings (SSSR count). The zero-order valence-corrected chi connectivity index (χ0v) is 11.5. The maximum Gasteiger partial charge on any atom is 0.0469 e. The van der Waals surface area contributed by atoms with Gasteiger partial charge in [-0.15, -0.1) is 0 Å². The molecule has 2 atom stereocenters. The van der Waals surface area contributed by atoms with Crippen molar-refractivity contribution < 1.29 is 4.74 Å². The van der Waals surface area contributed by atoms with Gasteiger partial charge < -0.3 is 15.0 Å². The maximum absolute atomic E-state index is 5.41. The van der Waals surface area contributed by atoms with Crippen molar-refractivity contribution in [1.82, 2.24) is 10.2 Å². The molecule has 0 amide bonds. The van der Waals surface area contributed by atoms with E-state index in [4.69, 9.17) is 4.74 Å².